The molecular weight excluding hydrogens is 236 g/mol. The SMILES string of the molecule is COc1ncccc1NC1CCC2(CCCC2)CC1. The van der Waals surface area contributed by atoms with Crippen molar-refractivity contribution in [3.05, 3.63) is 18.3 Å². The summed E-state index contributed by atoms with van der Waals surface area (Å²) in [6.07, 6.45) is 13.0. The Morgan fingerprint density at radius 1 is 1.21 bits per heavy atom. The average Bonchev–Trinajstić information content (AvgIpc) is 2.91. The predicted molar refractivity (Wildman–Crippen MR) is 77.6 cm³/mol. The lowest BCUT2D eigenvalue weighted by Gasteiger charge is -2.37. The molecule has 0 unspecified atom stereocenters. The Morgan fingerprint density at radius 3 is 2.63 bits per heavy atom. The molecule has 0 amide bonds. The van der Waals surface area contributed by atoms with Crippen LogP contribution >= 0.6 is 0 Å². The molecule has 3 rings (SSSR count). The monoisotopic (exact) mass is 260 g/mol. The van der Waals surface area contributed by atoms with Crippen LogP contribution in [0.25, 0.3) is 0 Å². The minimum absolute atomic E-state index is 0.587. The van der Waals surface area contributed by atoms with E-state index in [9.17, 15) is 0 Å². The van der Waals surface area contributed by atoms with Crippen molar-refractivity contribution < 1.29 is 4.74 Å². The molecule has 2 aliphatic rings. The molecule has 3 nitrogen and oxygen atoms in total. The molecule has 0 radical (unpaired) electrons. The Morgan fingerprint density at radius 2 is 1.95 bits per heavy atom. The molecule has 0 bridgehead atoms. The van der Waals surface area contributed by atoms with E-state index in [0.29, 0.717) is 17.3 Å². The number of hydrogen-bond acceptors (Lipinski definition) is 3. The number of ether oxygens (including phenoxy) is 1. The first-order valence-corrected chi connectivity index (χ1v) is 7.57. The van der Waals surface area contributed by atoms with E-state index in [0.717, 1.165) is 5.69 Å². The number of rotatable bonds is 3. The van der Waals surface area contributed by atoms with Crippen LogP contribution in [0.3, 0.4) is 0 Å². The van der Waals surface area contributed by atoms with Gasteiger partial charge in [-0.05, 0) is 56.1 Å². The standard InChI is InChI=1S/C16H24N2O/c1-19-15-14(5-4-12-17-15)18-13-6-10-16(11-7-13)8-2-3-9-16/h4-5,12-13,18H,2-3,6-11H2,1H3. The summed E-state index contributed by atoms with van der Waals surface area (Å²) in [4.78, 5) is 4.25. The van der Waals surface area contributed by atoms with Gasteiger partial charge < -0.3 is 10.1 Å². The molecule has 3 heteroatoms. The maximum atomic E-state index is 5.31. The van der Waals surface area contributed by atoms with Crippen molar-refractivity contribution in [2.45, 2.75) is 57.4 Å². The number of aromatic nitrogens is 1. The molecule has 0 saturated heterocycles. The zero-order chi connectivity index (χ0) is 13.1. The molecule has 2 fully saturated rings. The molecule has 2 saturated carbocycles. The highest BCUT2D eigenvalue weighted by Gasteiger charge is 2.37. The summed E-state index contributed by atoms with van der Waals surface area (Å²) in [7, 11) is 1.68. The van der Waals surface area contributed by atoms with Gasteiger partial charge in [0, 0.05) is 12.2 Å². The van der Waals surface area contributed by atoms with Crippen molar-refractivity contribution in [2.75, 3.05) is 12.4 Å². The first-order chi connectivity index (χ1) is 9.31. The lowest BCUT2D eigenvalue weighted by Crippen LogP contribution is -2.31. The molecule has 0 atom stereocenters. The molecule has 1 spiro atoms. The summed E-state index contributed by atoms with van der Waals surface area (Å²) in [5.74, 6) is 0.712. The Labute approximate surface area is 115 Å². The Hall–Kier alpha value is -1.25. The van der Waals surface area contributed by atoms with Crippen molar-refractivity contribution in [3.8, 4) is 5.88 Å². The highest BCUT2D eigenvalue weighted by atomic mass is 16.5. The van der Waals surface area contributed by atoms with Gasteiger partial charge in [0.15, 0.2) is 0 Å². The number of hydrogen-bond donors (Lipinski definition) is 1. The van der Waals surface area contributed by atoms with E-state index in [-0.39, 0.29) is 0 Å². The molecule has 0 aliphatic heterocycles. The fourth-order valence-corrected chi connectivity index (χ4v) is 3.88. The fraction of sp³-hybridized carbons (Fsp3) is 0.688. The van der Waals surface area contributed by atoms with Crippen molar-refractivity contribution in [1.82, 2.24) is 4.98 Å². The van der Waals surface area contributed by atoms with Crippen LogP contribution in [0.4, 0.5) is 5.69 Å². The smallest absolute Gasteiger partial charge is 0.237 e. The third-order valence-corrected chi connectivity index (χ3v) is 5.03. The molecule has 2 aliphatic carbocycles. The lowest BCUT2D eigenvalue weighted by atomic mass is 9.71. The van der Waals surface area contributed by atoms with Gasteiger partial charge in [-0.15, -0.1) is 0 Å². The number of nitrogens with one attached hydrogen (secondary N) is 1. The summed E-state index contributed by atoms with van der Waals surface area (Å²) in [5, 5.41) is 3.62. The second kappa shape index (κ2) is 5.40. The fourth-order valence-electron chi connectivity index (χ4n) is 3.88. The van der Waals surface area contributed by atoms with Crippen LogP contribution in [0.5, 0.6) is 5.88 Å². The Bertz CT molecular complexity index is 417. The summed E-state index contributed by atoms with van der Waals surface area (Å²) >= 11 is 0. The minimum Gasteiger partial charge on any atom is -0.480 e. The molecular formula is C16H24N2O. The molecule has 104 valence electrons. The quantitative estimate of drug-likeness (QED) is 0.891. The molecule has 1 aromatic heterocycles. The van der Waals surface area contributed by atoms with E-state index in [4.69, 9.17) is 4.74 Å². The van der Waals surface area contributed by atoms with Crippen molar-refractivity contribution in [1.29, 1.82) is 0 Å². The van der Waals surface area contributed by atoms with Gasteiger partial charge in [0.1, 0.15) is 0 Å². The normalized spacial score (nSPS) is 22.6. The highest BCUT2D eigenvalue weighted by Crippen LogP contribution is 2.49. The maximum Gasteiger partial charge on any atom is 0.237 e. The van der Waals surface area contributed by atoms with Crippen molar-refractivity contribution in [2.24, 2.45) is 5.41 Å². The Balaban J connectivity index is 1.60. The summed E-state index contributed by atoms with van der Waals surface area (Å²) in [5.41, 5.74) is 1.74. The zero-order valence-electron chi connectivity index (χ0n) is 11.8. The van der Waals surface area contributed by atoms with Crippen LogP contribution in [-0.4, -0.2) is 18.1 Å². The molecule has 1 heterocycles. The van der Waals surface area contributed by atoms with Crippen LogP contribution in [0.1, 0.15) is 51.4 Å². The van der Waals surface area contributed by atoms with Crippen LogP contribution in [-0.2, 0) is 0 Å². The Kier molecular flexibility index (Phi) is 3.63. The van der Waals surface area contributed by atoms with Crippen LogP contribution in [0, 0.1) is 5.41 Å². The van der Waals surface area contributed by atoms with Gasteiger partial charge in [-0.2, -0.15) is 0 Å². The van der Waals surface area contributed by atoms with Gasteiger partial charge in [0.25, 0.3) is 0 Å². The van der Waals surface area contributed by atoms with Gasteiger partial charge >= 0.3 is 0 Å². The van der Waals surface area contributed by atoms with Gasteiger partial charge in [0.05, 0.1) is 12.8 Å². The number of nitrogens with zero attached hydrogens (tertiary/aromatic N) is 1. The van der Waals surface area contributed by atoms with Crippen molar-refractivity contribution in [3.63, 3.8) is 0 Å². The first-order valence-electron chi connectivity index (χ1n) is 7.57. The molecule has 1 N–H and O–H groups in total. The average molecular weight is 260 g/mol. The van der Waals surface area contributed by atoms with E-state index in [2.05, 4.69) is 16.4 Å². The molecule has 0 aromatic carbocycles. The van der Waals surface area contributed by atoms with E-state index in [1.165, 1.54) is 51.4 Å². The van der Waals surface area contributed by atoms with Gasteiger partial charge in [-0.3, -0.25) is 0 Å². The summed E-state index contributed by atoms with van der Waals surface area (Å²) in [6, 6.07) is 4.61. The second-order valence-electron chi connectivity index (χ2n) is 6.19. The van der Waals surface area contributed by atoms with Gasteiger partial charge in [-0.25, -0.2) is 4.98 Å². The first kappa shape index (κ1) is 12.8. The largest absolute Gasteiger partial charge is 0.480 e. The third kappa shape index (κ3) is 2.70. The second-order valence-corrected chi connectivity index (χ2v) is 6.19. The summed E-state index contributed by atoms with van der Waals surface area (Å²) in [6.45, 7) is 0. The lowest BCUT2D eigenvalue weighted by molar-refractivity contribution is 0.188. The number of pyridine rings is 1. The predicted octanol–water partition coefficient (Wildman–Crippen LogP) is 4.01. The van der Waals surface area contributed by atoms with Crippen LogP contribution < -0.4 is 10.1 Å². The molecule has 19 heavy (non-hydrogen) atoms. The van der Waals surface area contributed by atoms with Crippen LogP contribution in [0.2, 0.25) is 0 Å². The third-order valence-electron chi connectivity index (χ3n) is 5.03. The van der Waals surface area contributed by atoms with E-state index in [1.807, 2.05) is 6.07 Å². The topological polar surface area (TPSA) is 34.1 Å². The van der Waals surface area contributed by atoms with Crippen molar-refractivity contribution >= 4 is 5.69 Å². The highest BCUT2D eigenvalue weighted by molar-refractivity contribution is 5.52. The number of anilines is 1. The van der Waals surface area contributed by atoms with Gasteiger partial charge in [-0.1, -0.05) is 12.8 Å². The summed E-state index contributed by atoms with van der Waals surface area (Å²) < 4.78 is 5.31. The maximum absolute atomic E-state index is 5.31. The van der Waals surface area contributed by atoms with E-state index >= 15 is 0 Å². The zero-order valence-corrected chi connectivity index (χ0v) is 11.8. The van der Waals surface area contributed by atoms with E-state index < -0.39 is 0 Å². The van der Waals surface area contributed by atoms with Crippen LogP contribution in [0.15, 0.2) is 18.3 Å². The number of methoxy groups -OCH3 is 1. The molecule has 1 aromatic rings. The van der Waals surface area contributed by atoms with Gasteiger partial charge in [0.2, 0.25) is 5.88 Å². The minimum atomic E-state index is 0.587. The van der Waals surface area contributed by atoms with E-state index in [1.54, 1.807) is 13.3 Å².